The fourth-order valence-corrected chi connectivity index (χ4v) is 5.24. The van der Waals surface area contributed by atoms with Crippen molar-refractivity contribution in [3.05, 3.63) is 28.3 Å². The molecule has 0 atom stereocenters. The number of methoxy groups -OCH3 is 2. The molecule has 0 aliphatic carbocycles. The van der Waals surface area contributed by atoms with E-state index in [0.29, 0.717) is 74.0 Å². The number of aromatic nitrogens is 2. The van der Waals surface area contributed by atoms with E-state index >= 15 is 0 Å². The molecule has 11 heteroatoms. The Hall–Kier alpha value is -2.21. The van der Waals surface area contributed by atoms with Crippen LogP contribution in [0.4, 0.5) is 0 Å². The molecule has 0 spiro atoms. The van der Waals surface area contributed by atoms with E-state index in [-0.39, 0.29) is 5.56 Å². The molecule has 1 N–H and O–H groups in total. The van der Waals surface area contributed by atoms with Crippen molar-refractivity contribution in [1.82, 2.24) is 23.5 Å². The first-order chi connectivity index (χ1) is 14.3. The SMILES string of the molecule is CCN(CC)S(=O)(=O)N1CCN(Cc2nc3cc(OC)c(OC)cc3c(=O)[nH]2)CC1. The first kappa shape index (κ1) is 22.5. The Labute approximate surface area is 176 Å². The van der Waals surface area contributed by atoms with Gasteiger partial charge in [0.25, 0.3) is 15.8 Å². The van der Waals surface area contributed by atoms with Crippen molar-refractivity contribution in [2.75, 3.05) is 53.5 Å². The highest BCUT2D eigenvalue weighted by molar-refractivity contribution is 7.86. The van der Waals surface area contributed by atoms with Crippen molar-refractivity contribution >= 4 is 21.1 Å². The van der Waals surface area contributed by atoms with Crippen molar-refractivity contribution in [1.29, 1.82) is 0 Å². The molecule has 0 unspecified atom stereocenters. The quantitative estimate of drug-likeness (QED) is 0.643. The molecule has 1 aromatic carbocycles. The Balaban J connectivity index is 1.74. The third-order valence-electron chi connectivity index (χ3n) is 5.32. The number of hydrogen-bond acceptors (Lipinski definition) is 7. The molecule has 3 rings (SSSR count). The number of hydrogen-bond donors (Lipinski definition) is 1. The van der Waals surface area contributed by atoms with Crippen LogP contribution in [0.1, 0.15) is 19.7 Å². The van der Waals surface area contributed by atoms with Gasteiger partial charge in [-0.1, -0.05) is 13.8 Å². The zero-order chi connectivity index (χ0) is 21.9. The number of piperazine rings is 1. The second kappa shape index (κ2) is 9.29. The highest BCUT2D eigenvalue weighted by Crippen LogP contribution is 2.30. The molecule has 1 aromatic heterocycles. The normalized spacial score (nSPS) is 16.3. The number of fused-ring (bicyclic) bond motifs is 1. The summed E-state index contributed by atoms with van der Waals surface area (Å²) in [5, 5.41) is 0.423. The maximum Gasteiger partial charge on any atom is 0.282 e. The molecule has 166 valence electrons. The average molecular weight is 440 g/mol. The monoisotopic (exact) mass is 439 g/mol. The molecule has 30 heavy (non-hydrogen) atoms. The van der Waals surface area contributed by atoms with Crippen LogP contribution in [0.5, 0.6) is 11.5 Å². The second-order valence-electron chi connectivity index (χ2n) is 7.00. The van der Waals surface area contributed by atoms with Gasteiger partial charge < -0.3 is 14.5 Å². The Morgan fingerprint density at radius 3 is 2.23 bits per heavy atom. The van der Waals surface area contributed by atoms with Gasteiger partial charge in [-0.2, -0.15) is 17.0 Å². The van der Waals surface area contributed by atoms with Crippen molar-refractivity contribution in [3.63, 3.8) is 0 Å². The summed E-state index contributed by atoms with van der Waals surface area (Å²) in [6.07, 6.45) is 0. The molecule has 2 aromatic rings. The number of H-pyrrole nitrogens is 1. The van der Waals surface area contributed by atoms with Gasteiger partial charge in [0, 0.05) is 45.3 Å². The summed E-state index contributed by atoms with van der Waals surface area (Å²) >= 11 is 0. The summed E-state index contributed by atoms with van der Waals surface area (Å²) in [6.45, 7) is 6.95. The lowest BCUT2D eigenvalue weighted by Crippen LogP contribution is -2.52. The van der Waals surface area contributed by atoms with Crippen molar-refractivity contribution in [2.45, 2.75) is 20.4 Å². The van der Waals surface area contributed by atoms with E-state index in [1.54, 1.807) is 12.1 Å². The van der Waals surface area contributed by atoms with Crippen LogP contribution in [-0.4, -0.2) is 85.4 Å². The molecule has 1 saturated heterocycles. The number of aromatic amines is 1. The van der Waals surface area contributed by atoms with E-state index < -0.39 is 10.2 Å². The molecule has 0 radical (unpaired) electrons. The highest BCUT2D eigenvalue weighted by atomic mass is 32.2. The summed E-state index contributed by atoms with van der Waals surface area (Å²) in [6, 6.07) is 3.29. The van der Waals surface area contributed by atoms with Gasteiger partial charge in [0.05, 0.1) is 31.7 Å². The Morgan fingerprint density at radius 2 is 1.67 bits per heavy atom. The van der Waals surface area contributed by atoms with Crippen LogP contribution >= 0.6 is 0 Å². The van der Waals surface area contributed by atoms with Crippen molar-refractivity contribution < 1.29 is 17.9 Å². The van der Waals surface area contributed by atoms with E-state index in [1.807, 2.05) is 13.8 Å². The van der Waals surface area contributed by atoms with Gasteiger partial charge in [0.2, 0.25) is 0 Å². The lowest BCUT2D eigenvalue weighted by atomic mass is 10.2. The van der Waals surface area contributed by atoms with Crippen LogP contribution in [0, 0.1) is 0 Å². The van der Waals surface area contributed by atoms with E-state index in [2.05, 4.69) is 14.9 Å². The lowest BCUT2D eigenvalue weighted by molar-refractivity contribution is 0.172. The van der Waals surface area contributed by atoms with E-state index in [9.17, 15) is 13.2 Å². The smallest absolute Gasteiger partial charge is 0.282 e. The topological polar surface area (TPSA) is 108 Å². The first-order valence-corrected chi connectivity index (χ1v) is 11.4. The summed E-state index contributed by atoms with van der Waals surface area (Å²) < 4.78 is 38.9. The standard InChI is InChI=1S/C19H29N5O5S/c1-5-23(6-2)30(26,27)24-9-7-22(8-10-24)13-18-20-15-12-17(29-4)16(28-3)11-14(15)19(25)21-18/h11-12H,5-10,13H2,1-4H3,(H,20,21,25). The second-order valence-corrected chi connectivity index (χ2v) is 8.93. The highest BCUT2D eigenvalue weighted by Gasteiger charge is 2.30. The van der Waals surface area contributed by atoms with Gasteiger partial charge in [-0.15, -0.1) is 0 Å². The van der Waals surface area contributed by atoms with Gasteiger partial charge in [-0.3, -0.25) is 9.69 Å². The average Bonchev–Trinajstić information content (AvgIpc) is 2.74. The third kappa shape index (κ3) is 4.43. The van der Waals surface area contributed by atoms with E-state index in [4.69, 9.17) is 9.47 Å². The summed E-state index contributed by atoms with van der Waals surface area (Å²) in [5.41, 5.74) is 0.271. The number of nitrogens with zero attached hydrogens (tertiary/aromatic N) is 4. The zero-order valence-corrected chi connectivity index (χ0v) is 18.7. The Bertz CT molecular complexity index is 1040. The number of rotatable bonds is 8. The van der Waals surface area contributed by atoms with Crippen molar-refractivity contribution in [2.24, 2.45) is 0 Å². The van der Waals surface area contributed by atoms with Gasteiger partial charge in [-0.25, -0.2) is 4.98 Å². The maximum atomic E-state index is 12.7. The van der Waals surface area contributed by atoms with Crippen LogP contribution < -0.4 is 15.0 Å². The third-order valence-corrected chi connectivity index (χ3v) is 7.51. The van der Waals surface area contributed by atoms with Gasteiger partial charge in [-0.05, 0) is 6.07 Å². The fraction of sp³-hybridized carbons (Fsp3) is 0.579. The minimum absolute atomic E-state index is 0.251. The predicted molar refractivity (Wildman–Crippen MR) is 114 cm³/mol. The molecular weight excluding hydrogens is 410 g/mol. The van der Waals surface area contributed by atoms with Gasteiger partial charge >= 0.3 is 0 Å². The zero-order valence-electron chi connectivity index (χ0n) is 17.8. The van der Waals surface area contributed by atoms with Gasteiger partial charge in [0.15, 0.2) is 11.5 Å². The molecule has 1 fully saturated rings. The molecular formula is C19H29N5O5S. The largest absolute Gasteiger partial charge is 0.493 e. The summed E-state index contributed by atoms with van der Waals surface area (Å²) in [5.74, 6) is 1.50. The molecule has 1 aliphatic heterocycles. The number of ether oxygens (including phenoxy) is 2. The molecule has 1 aliphatic rings. The van der Waals surface area contributed by atoms with Crippen LogP contribution in [0.15, 0.2) is 16.9 Å². The summed E-state index contributed by atoms with van der Waals surface area (Å²) in [4.78, 5) is 22.0. The molecule has 0 amide bonds. The van der Waals surface area contributed by atoms with Gasteiger partial charge in [0.1, 0.15) is 5.82 Å². The number of benzene rings is 1. The number of nitrogens with one attached hydrogen (secondary N) is 1. The molecule has 0 bridgehead atoms. The minimum Gasteiger partial charge on any atom is -0.493 e. The van der Waals surface area contributed by atoms with E-state index in [1.165, 1.54) is 22.8 Å². The Morgan fingerprint density at radius 1 is 1.07 bits per heavy atom. The lowest BCUT2D eigenvalue weighted by Gasteiger charge is -2.36. The van der Waals surface area contributed by atoms with Crippen LogP contribution in [0.25, 0.3) is 10.9 Å². The molecule has 2 heterocycles. The Kier molecular flexibility index (Phi) is 6.96. The maximum absolute atomic E-state index is 12.7. The van der Waals surface area contributed by atoms with E-state index in [0.717, 1.165) is 0 Å². The minimum atomic E-state index is -3.43. The molecule has 0 saturated carbocycles. The first-order valence-electron chi connectivity index (χ1n) is 9.96. The van der Waals surface area contributed by atoms with Crippen LogP contribution in [-0.2, 0) is 16.8 Å². The predicted octanol–water partition coefficient (Wildman–Crippen LogP) is 0.645. The summed E-state index contributed by atoms with van der Waals surface area (Å²) in [7, 11) is -0.385. The van der Waals surface area contributed by atoms with Crippen LogP contribution in [0.2, 0.25) is 0 Å². The molecule has 10 nitrogen and oxygen atoms in total. The fourth-order valence-electron chi connectivity index (χ4n) is 3.63. The van der Waals surface area contributed by atoms with Crippen LogP contribution in [0.3, 0.4) is 0 Å². The van der Waals surface area contributed by atoms with Crippen molar-refractivity contribution in [3.8, 4) is 11.5 Å².